The highest BCUT2D eigenvalue weighted by atomic mass is 35.5. The van der Waals surface area contributed by atoms with Crippen molar-refractivity contribution in [2.45, 2.75) is 6.42 Å². The molecule has 0 heterocycles. The minimum atomic E-state index is -0.429. The number of nitrogens with two attached hydrogens (primary N) is 1. The van der Waals surface area contributed by atoms with Crippen molar-refractivity contribution in [3.05, 3.63) is 27.7 Å². The molecule has 0 radical (unpaired) electrons. The van der Waals surface area contributed by atoms with E-state index in [0.717, 1.165) is 5.69 Å². The zero-order chi connectivity index (χ0) is 13.9. The molecule has 7 heteroatoms. The summed E-state index contributed by atoms with van der Waals surface area (Å²) in [5, 5.41) is 9.99. The monoisotopic (exact) mass is 288 g/mol. The van der Waals surface area contributed by atoms with E-state index in [-0.39, 0.29) is 6.42 Å². The van der Waals surface area contributed by atoms with Gasteiger partial charge in [0.15, 0.2) is 5.96 Å². The van der Waals surface area contributed by atoms with Crippen molar-refractivity contribution in [1.29, 1.82) is 5.41 Å². The predicted molar refractivity (Wildman–Crippen MR) is 74.5 cm³/mol. The lowest BCUT2D eigenvalue weighted by atomic mass is 10.1. The molecule has 0 unspecified atom stereocenters. The first-order valence-electron chi connectivity index (χ1n) is 5.11. The van der Waals surface area contributed by atoms with Crippen LogP contribution in [0.3, 0.4) is 0 Å². The van der Waals surface area contributed by atoms with E-state index in [9.17, 15) is 4.79 Å². The van der Waals surface area contributed by atoms with Crippen LogP contribution >= 0.6 is 23.2 Å². The number of anilines is 1. The summed E-state index contributed by atoms with van der Waals surface area (Å²) in [4.78, 5) is 13.4. The van der Waals surface area contributed by atoms with Gasteiger partial charge in [-0.3, -0.25) is 15.5 Å². The van der Waals surface area contributed by atoms with Crippen LogP contribution < -0.4 is 16.0 Å². The molecular formula is C11H14Cl2N4O. The summed E-state index contributed by atoms with van der Waals surface area (Å²) in [5.74, 6) is -0.835. The molecule has 1 rings (SSSR count). The van der Waals surface area contributed by atoms with E-state index in [2.05, 4.69) is 5.32 Å². The molecule has 1 amide bonds. The Morgan fingerprint density at radius 2 is 2.06 bits per heavy atom. The molecule has 0 saturated carbocycles. The van der Waals surface area contributed by atoms with Gasteiger partial charge in [-0.15, -0.1) is 0 Å². The van der Waals surface area contributed by atoms with Crippen LogP contribution in [0.4, 0.5) is 5.69 Å². The summed E-state index contributed by atoms with van der Waals surface area (Å²) < 4.78 is 0. The maximum absolute atomic E-state index is 11.5. The van der Waals surface area contributed by atoms with Gasteiger partial charge in [0.1, 0.15) is 0 Å². The highest BCUT2D eigenvalue weighted by molar-refractivity contribution is 6.38. The van der Waals surface area contributed by atoms with Gasteiger partial charge in [-0.2, -0.15) is 0 Å². The highest BCUT2D eigenvalue weighted by Gasteiger charge is 2.15. The molecule has 1 aromatic carbocycles. The van der Waals surface area contributed by atoms with Gasteiger partial charge in [0.05, 0.1) is 17.1 Å². The molecule has 0 aliphatic carbocycles. The second-order valence-corrected chi connectivity index (χ2v) is 4.68. The van der Waals surface area contributed by atoms with E-state index in [1.807, 2.05) is 19.0 Å². The lowest BCUT2D eigenvalue weighted by molar-refractivity contribution is -0.119. The molecule has 0 bridgehead atoms. The number of amides is 1. The van der Waals surface area contributed by atoms with Crippen LogP contribution in [0, 0.1) is 5.41 Å². The quantitative estimate of drug-likeness (QED) is 0.584. The van der Waals surface area contributed by atoms with Crippen LogP contribution in [0.25, 0.3) is 0 Å². The minimum Gasteiger partial charge on any atom is -0.376 e. The Balaban J connectivity index is 3.04. The lowest BCUT2D eigenvalue weighted by Crippen LogP contribution is -2.36. The molecule has 18 heavy (non-hydrogen) atoms. The van der Waals surface area contributed by atoms with E-state index in [1.165, 1.54) is 0 Å². The Morgan fingerprint density at radius 1 is 1.44 bits per heavy atom. The average molecular weight is 289 g/mol. The Bertz CT molecular complexity index is 488. The highest BCUT2D eigenvalue weighted by Crippen LogP contribution is 2.33. The van der Waals surface area contributed by atoms with Crippen LogP contribution in [-0.2, 0) is 11.2 Å². The Hall–Kier alpha value is -1.46. The second-order valence-electron chi connectivity index (χ2n) is 3.89. The molecule has 5 nitrogen and oxygen atoms in total. The fraction of sp³-hybridized carbons (Fsp3) is 0.273. The van der Waals surface area contributed by atoms with Crippen LogP contribution in [0.1, 0.15) is 5.56 Å². The largest absolute Gasteiger partial charge is 0.376 e. The molecule has 1 aromatic rings. The molecule has 0 aliphatic rings. The van der Waals surface area contributed by atoms with E-state index in [0.29, 0.717) is 15.6 Å². The van der Waals surface area contributed by atoms with E-state index in [4.69, 9.17) is 34.3 Å². The van der Waals surface area contributed by atoms with Crippen LogP contribution in [-0.4, -0.2) is 26.0 Å². The maximum Gasteiger partial charge on any atom is 0.231 e. The number of nitrogens with zero attached hydrogens (tertiary/aromatic N) is 1. The van der Waals surface area contributed by atoms with Crippen molar-refractivity contribution in [2.75, 3.05) is 19.0 Å². The predicted octanol–water partition coefficient (Wildman–Crippen LogP) is 1.61. The molecule has 0 fully saturated rings. The average Bonchev–Trinajstić information content (AvgIpc) is 2.22. The Kier molecular flexibility index (Phi) is 4.81. The fourth-order valence-corrected chi connectivity index (χ4v) is 2.12. The van der Waals surface area contributed by atoms with Gasteiger partial charge < -0.3 is 10.6 Å². The molecule has 0 atom stereocenters. The van der Waals surface area contributed by atoms with E-state index < -0.39 is 11.9 Å². The van der Waals surface area contributed by atoms with Gasteiger partial charge in [-0.1, -0.05) is 23.2 Å². The number of carbonyl (C=O) groups is 1. The number of nitrogens with one attached hydrogen (secondary N) is 2. The molecule has 0 aromatic heterocycles. The normalized spacial score (nSPS) is 10.0. The molecule has 0 aliphatic heterocycles. The number of carbonyl (C=O) groups excluding carboxylic acids is 1. The fourth-order valence-electron chi connectivity index (χ4n) is 1.45. The minimum absolute atomic E-state index is 0.0288. The first-order valence-corrected chi connectivity index (χ1v) is 5.86. The number of guanidine groups is 1. The van der Waals surface area contributed by atoms with Crippen molar-refractivity contribution in [1.82, 2.24) is 5.32 Å². The van der Waals surface area contributed by atoms with Crippen LogP contribution in [0.5, 0.6) is 0 Å². The van der Waals surface area contributed by atoms with Crippen molar-refractivity contribution < 1.29 is 4.79 Å². The number of hydrogen-bond donors (Lipinski definition) is 3. The van der Waals surface area contributed by atoms with Gasteiger partial charge >= 0.3 is 0 Å². The van der Waals surface area contributed by atoms with Crippen LogP contribution in [0.15, 0.2) is 12.1 Å². The first kappa shape index (κ1) is 14.6. The van der Waals surface area contributed by atoms with E-state index in [1.54, 1.807) is 12.1 Å². The standard InChI is InChI=1S/C11H14Cl2N4O/c1-17(2)8-4-3-7(12)6(10(8)13)5-9(18)16-11(14)15/h3-4H,5H2,1-2H3,(H4,14,15,16,18). The van der Waals surface area contributed by atoms with Gasteiger partial charge in [-0.05, 0) is 12.1 Å². The Labute approximate surface area is 115 Å². The van der Waals surface area contributed by atoms with Gasteiger partial charge in [-0.25, -0.2) is 0 Å². The van der Waals surface area contributed by atoms with Crippen LogP contribution in [0.2, 0.25) is 10.0 Å². The van der Waals surface area contributed by atoms with Crippen molar-refractivity contribution in [2.24, 2.45) is 5.73 Å². The van der Waals surface area contributed by atoms with Gasteiger partial charge in [0, 0.05) is 24.7 Å². The van der Waals surface area contributed by atoms with E-state index >= 15 is 0 Å². The number of benzene rings is 1. The SMILES string of the molecule is CN(C)c1ccc(Cl)c(CC(=O)NC(=N)N)c1Cl. The summed E-state index contributed by atoms with van der Waals surface area (Å²) in [6.07, 6.45) is -0.0288. The maximum atomic E-state index is 11.5. The molecule has 0 saturated heterocycles. The molecule has 4 N–H and O–H groups in total. The van der Waals surface area contributed by atoms with Gasteiger partial charge in [0.2, 0.25) is 5.91 Å². The number of halogens is 2. The van der Waals surface area contributed by atoms with Crippen molar-refractivity contribution >= 4 is 40.8 Å². The summed E-state index contributed by atoms with van der Waals surface area (Å²) in [6, 6.07) is 3.45. The molecular weight excluding hydrogens is 275 g/mol. The lowest BCUT2D eigenvalue weighted by Gasteiger charge is -2.17. The van der Waals surface area contributed by atoms with Crippen molar-refractivity contribution in [3.8, 4) is 0 Å². The first-order chi connectivity index (χ1) is 8.32. The number of rotatable bonds is 3. The molecule has 98 valence electrons. The van der Waals surface area contributed by atoms with Gasteiger partial charge in [0.25, 0.3) is 0 Å². The second kappa shape index (κ2) is 5.93. The third kappa shape index (κ3) is 3.51. The number of hydrogen-bond acceptors (Lipinski definition) is 3. The third-order valence-corrected chi connectivity index (χ3v) is 3.03. The summed E-state index contributed by atoms with van der Waals surface area (Å²) in [6.45, 7) is 0. The third-order valence-electron chi connectivity index (χ3n) is 2.26. The summed E-state index contributed by atoms with van der Waals surface area (Å²) in [7, 11) is 3.68. The summed E-state index contributed by atoms with van der Waals surface area (Å²) >= 11 is 12.2. The Morgan fingerprint density at radius 3 is 2.56 bits per heavy atom. The summed E-state index contributed by atoms with van der Waals surface area (Å²) in [5.41, 5.74) is 6.37. The topological polar surface area (TPSA) is 82.2 Å². The smallest absolute Gasteiger partial charge is 0.231 e. The zero-order valence-electron chi connectivity index (χ0n) is 10.1. The van der Waals surface area contributed by atoms with Crippen molar-refractivity contribution in [3.63, 3.8) is 0 Å². The molecule has 0 spiro atoms. The zero-order valence-corrected chi connectivity index (χ0v) is 11.6.